The summed E-state index contributed by atoms with van der Waals surface area (Å²) in [6, 6.07) is 6.36. The third kappa shape index (κ3) is 4.36. The third-order valence-corrected chi connectivity index (χ3v) is 4.76. The normalized spacial score (nSPS) is 11.5. The van der Waals surface area contributed by atoms with Gasteiger partial charge in [0.2, 0.25) is 0 Å². The molecule has 1 amide bonds. The van der Waals surface area contributed by atoms with Crippen LogP contribution in [0.2, 0.25) is 0 Å². The summed E-state index contributed by atoms with van der Waals surface area (Å²) >= 11 is 1.50. The second-order valence-corrected chi connectivity index (χ2v) is 7.41. The summed E-state index contributed by atoms with van der Waals surface area (Å²) in [4.78, 5) is 17.6. The van der Waals surface area contributed by atoms with Crippen molar-refractivity contribution in [2.45, 2.75) is 32.6 Å². The number of carbonyl (C=O) groups excluding carboxylic acids is 1. The van der Waals surface area contributed by atoms with Crippen LogP contribution >= 0.6 is 11.3 Å². The van der Waals surface area contributed by atoms with E-state index in [2.05, 4.69) is 10.3 Å². The Balaban J connectivity index is 2.04. The minimum absolute atomic E-state index is 0.183. The quantitative estimate of drug-likeness (QED) is 0.853. The van der Waals surface area contributed by atoms with E-state index in [1.54, 1.807) is 12.1 Å². The van der Waals surface area contributed by atoms with Crippen molar-refractivity contribution in [3.05, 3.63) is 51.2 Å². The molecule has 2 aromatic rings. The lowest BCUT2D eigenvalue weighted by molar-refractivity contribution is 0.0940. The van der Waals surface area contributed by atoms with Crippen LogP contribution in [0.5, 0.6) is 0 Å². The van der Waals surface area contributed by atoms with E-state index in [1.807, 2.05) is 20.8 Å². The van der Waals surface area contributed by atoms with E-state index in [4.69, 9.17) is 5.73 Å². The highest BCUT2D eigenvalue weighted by Crippen LogP contribution is 2.23. The first-order valence-electron chi connectivity index (χ1n) is 7.54. The van der Waals surface area contributed by atoms with E-state index in [9.17, 15) is 9.18 Å². The Morgan fingerprint density at radius 2 is 2.00 bits per heavy atom. The van der Waals surface area contributed by atoms with Gasteiger partial charge in [-0.15, -0.1) is 11.3 Å². The van der Waals surface area contributed by atoms with Crippen molar-refractivity contribution in [3.63, 3.8) is 0 Å². The number of hydrogen-bond acceptors (Lipinski definition) is 4. The molecule has 0 saturated carbocycles. The van der Waals surface area contributed by atoms with Gasteiger partial charge in [-0.05, 0) is 31.2 Å². The van der Waals surface area contributed by atoms with Crippen molar-refractivity contribution in [1.29, 1.82) is 0 Å². The van der Waals surface area contributed by atoms with E-state index in [0.29, 0.717) is 25.2 Å². The summed E-state index contributed by atoms with van der Waals surface area (Å²) in [5, 5.41) is 3.81. The molecule has 1 aromatic heterocycles. The molecule has 0 radical (unpaired) electrons. The number of nitrogens with zero attached hydrogens (tertiary/aromatic N) is 1. The molecule has 1 heterocycles. The van der Waals surface area contributed by atoms with E-state index in [1.165, 1.54) is 23.5 Å². The first-order chi connectivity index (χ1) is 10.8. The number of thiazole rings is 1. The number of halogens is 1. The molecule has 0 fully saturated rings. The van der Waals surface area contributed by atoms with Gasteiger partial charge >= 0.3 is 0 Å². The SMILES string of the molecule is Cc1sc(CCN)nc1C(=O)NCC(C)(C)c1ccc(F)cc1. The highest BCUT2D eigenvalue weighted by molar-refractivity contribution is 7.11. The van der Waals surface area contributed by atoms with Crippen molar-refractivity contribution < 1.29 is 9.18 Å². The molecule has 4 nitrogen and oxygen atoms in total. The number of benzene rings is 1. The molecule has 1 aromatic carbocycles. The standard InChI is InChI=1S/C17H22FN3OS/c1-11-15(21-14(23-11)8-9-19)16(22)20-10-17(2,3)12-4-6-13(18)7-5-12/h4-7H,8-10,19H2,1-3H3,(H,20,22). The maximum absolute atomic E-state index is 13.0. The van der Waals surface area contributed by atoms with Crippen molar-refractivity contribution in [3.8, 4) is 0 Å². The lowest BCUT2D eigenvalue weighted by atomic mass is 9.84. The van der Waals surface area contributed by atoms with Gasteiger partial charge in [0.1, 0.15) is 11.5 Å². The van der Waals surface area contributed by atoms with Crippen LogP contribution in [0, 0.1) is 12.7 Å². The van der Waals surface area contributed by atoms with Gasteiger partial charge < -0.3 is 11.1 Å². The van der Waals surface area contributed by atoms with Crippen molar-refractivity contribution in [2.24, 2.45) is 5.73 Å². The molecule has 2 rings (SSSR count). The van der Waals surface area contributed by atoms with Crippen molar-refractivity contribution in [2.75, 3.05) is 13.1 Å². The molecular weight excluding hydrogens is 313 g/mol. The average molecular weight is 335 g/mol. The predicted molar refractivity (Wildman–Crippen MR) is 91.4 cm³/mol. The number of rotatable bonds is 6. The predicted octanol–water partition coefficient (Wildman–Crippen LogP) is 2.80. The van der Waals surface area contributed by atoms with E-state index in [-0.39, 0.29) is 17.1 Å². The van der Waals surface area contributed by atoms with Crippen LogP contribution in [0.3, 0.4) is 0 Å². The molecule has 0 aliphatic carbocycles. The monoisotopic (exact) mass is 335 g/mol. The smallest absolute Gasteiger partial charge is 0.271 e. The molecule has 0 atom stereocenters. The number of aryl methyl sites for hydroxylation is 1. The fraction of sp³-hybridized carbons (Fsp3) is 0.412. The molecule has 0 aliphatic heterocycles. The van der Waals surface area contributed by atoms with Crippen LogP contribution in [0.4, 0.5) is 4.39 Å². The summed E-state index contributed by atoms with van der Waals surface area (Å²) < 4.78 is 13.0. The van der Waals surface area contributed by atoms with Gasteiger partial charge in [-0.3, -0.25) is 4.79 Å². The average Bonchev–Trinajstić information content (AvgIpc) is 2.86. The molecule has 3 N–H and O–H groups in total. The molecule has 0 unspecified atom stereocenters. The summed E-state index contributed by atoms with van der Waals surface area (Å²) in [6.45, 7) is 6.87. The maximum atomic E-state index is 13.0. The van der Waals surface area contributed by atoms with E-state index >= 15 is 0 Å². The Morgan fingerprint density at radius 1 is 1.35 bits per heavy atom. The van der Waals surface area contributed by atoms with Crippen LogP contribution in [-0.2, 0) is 11.8 Å². The Labute approximate surface area is 139 Å². The number of aromatic nitrogens is 1. The summed E-state index contributed by atoms with van der Waals surface area (Å²) in [6.07, 6.45) is 0.680. The lowest BCUT2D eigenvalue weighted by Gasteiger charge is -2.25. The maximum Gasteiger partial charge on any atom is 0.271 e. The van der Waals surface area contributed by atoms with Crippen LogP contribution in [0.25, 0.3) is 0 Å². The lowest BCUT2D eigenvalue weighted by Crippen LogP contribution is -2.37. The number of nitrogens with one attached hydrogen (secondary N) is 1. The zero-order valence-corrected chi connectivity index (χ0v) is 14.5. The summed E-state index contributed by atoms with van der Waals surface area (Å²) in [7, 11) is 0. The molecule has 0 saturated heterocycles. The molecular formula is C17H22FN3OS. The number of hydrogen-bond donors (Lipinski definition) is 2. The number of nitrogens with two attached hydrogens (primary N) is 1. The first-order valence-corrected chi connectivity index (χ1v) is 8.36. The Hall–Kier alpha value is -1.79. The fourth-order valence-electron chi connectivity index (χ4n) is 2.28. The summed E-state index contributed by atoms with van der Waals surface area (Å²) in [5.74, 6) is -0.448. The second kappa shape index (κ2) is 7.19. The largest absolute Gasteiger partial charge is 0.350 e. The van der Waals surface area contributed by atoms with Crippen LogP contribution in [0.1, 0.15) is 39.8 Å². The number of carbonyl (C=O) groups is 1. The van der Waals surface area contributed by atoms with Gasteiger partial charge in [-0.1, -0.05) is 26.0 Å². The van der Waals surface area contributed by atoms with Crippen molar-refractivity contribution in [1.82, 2.24) is 10.3 Å². The zero-order chi connectivity index (χ0) is 17.0. The van der Waals surface area contributed by atoms with E-state index in [0.717, 1.165) is 15.4 Å². The number of amides is 1. The fourth-order valence-corrected chi connectivity index (χ4v) is 3.23. The molecule has 6 heteroatoms. The minimum atomic E-state index is -0.298. The Morgan fingerprint density at radius 3 is 2.61 bits per heavy atom. The van der Waals surface area contributed by atoms with Crippen LogP contribution in [-0.4, -0.2) is 24.0 Å². The van der Waals surface area contributed by atoms with Gasteiger partial charge in [0.15, 0.2) is 0 Å². The highest BCUT2D eigenvalue weighted by Gasteiger charge is 2.23. The van der Waals surface area contributed by atoms with Gasteiger partial charge in [0.25, 0.3) is 5.91 Å². The molecule has 0 aliphatic rings. The molecule has 23 heavy (non-hydrogen) atoms. The Bertz CT molecular complexity index is 680. The first kappa shape index (κ1) is 17.6. The van der Waals surface area contributed by atoms with Gasteiger partial charge in [-0.2, -0.15) is 0 Å². The van der Waals surface area contributed by atoms with Gasteiger partial charge in [-0.25, -0.2) is 9.37 Å². The zero-order valence-electron chi connectivity index (χ0n) is 13.6. The van der Waals surface area contributed by atoms with E-state index < -0.39 is 0 Å². The third-order valence-electron chi connectivity index (χ3n) is 3.73. The minimum Gasteiger partial charge on any atom is -0.350 e. The Kier molecular flexibility index (Phi) is 5.49. The molecule has 124 valence electrons. The second-order valence-electron chi connectivity index (χ2n) is 6.12. The van der Waals surface area contributed by atoms with Gasteiger partial charge in [0.05, 0.1) is 5.01 Å². The van der Waals surface area contributed by atoms with Crippen LogP contribution < -0.4 is 11.1 Å². The highest BCUT2D eigenvalue weighted by atomic mass is 32.1. The molecule has 0 bridgehead atoms. The van der Waals surface area contributed by atoms with Crippen LogP contribution in [0.15, 0.2) is 24.3 Å². The summed E-state index contributed by atoms with van der Waals surface area (Å²) in [5.41, 5.74) is 6.66. The molecule has 0 spiro atoms. The van der Waals surface area contributed by atoms with Crippen molar-refractivity contribution >= 4 is 17.2 Å². The van der Waals surface area contributed by atoms with Gasteiger partial charge in [0, 0.05) is 23.3 Å². The topological polar surface area (TPSA) is 68.0 Å².